The Hall–Kier alpha value is -1.15. The molecule has 0 amide bonds. The van der Waals surface area contributed by atoms with E-state index in [4.69, 9.17) is 0 Å². The fourth-order valence-corrected chi connectivity index (χ4v) is 3.14. The van der Waals surface area contributed by atoms with Crippen molar-refractivity contribution in [2.45, 2.75) is 57.9 Å². The molecule has 0 spiro atoms. The summed E-state index contributed by atoms with van der Waals surface area (Å²) >= 11 is 0. The molecule has 0 bridgehead atoms. The molecule has 1 aromatic carbocycles. The first-order chi connectivity index (χ1) is 9.22. The summed E-state index contributed by atoms with van der Waals surface area (Å²) < 4.78 is 0. The predicted molar refractivity (Wildman–Crippen MR) is 79.6 cm³/mol. The van der Waals surface area contributed by atoms with Gasteiger partial charge in [0.05, 0.1) is 5.54 Å². The van der Waals surface area contributed by atoms with Crippen LogP contribution in [-0.2, 0) is 6.42 Å². The Kier molecular flexibility index (Phi) is 4.76. The predicted octanol–water partition coefficient (Wildman–Crippen LogP) is 3.74. The zero-order valence-electron chi connectivity index (χ0n) is 12.2. The smallest absolute Gasteiger partial charge is 0.182 e. The number of hydrogen-bond acceptors (Lipinski definition) is 2. The fourth-order valence-electron chi connectivity index (χ4n) is 3.14. The monoisotopic (exact) mass is 259 g/mol. The highest BCUT2D eigenvalue weighted by Gasteiger charge is 2.39. The molecule has 1 saturated heterocycles. The van der Waals surface area contributed by atoms with E-state index in [2.05, 4.69) is 31.3 Å². The normalized spacial score (nSPS) is 22.6. The molecule has 2 rings (SSSR count). The number of Topliss-reactive ketones (excluding diaryl/α,β-unsaturated/α-hetero) is 1. The molecule has 2 nitrogen and oxygen atoms in total. The van der Waals surface area contributed by atoms with Crippen LogP contribution in [0.2, 0.25) is 0 Å². The lowest BCUT2D eigenvalue weighted by atomic mass is 9.83. The maximum Gasteiger partial charge on any atom is 0.182 e. The van der Waals surface area contributed by atoms with E-state index < -0.39 is 0 Å². The Labute approximate surface area is 116 Å². The first kappa shape index (κ1) is 14.3. The molecule has 19 heavy (non-hydrogen) atoms. The highest BCUT2D eigenvalue weighted by molar-refractivity contribution is 6.03. The Morgan fingerprint density at radius 3 is 2.47 bits per heavy atom. The van der Waals surface area contributed by atoms with Gasteiger partial charge in [-0.15, -0.1) is 0 Å². The van der Waals surface area contributed by atoms with Gasteiger partial charge in [0.15, 0.2) is 5.78 Å². The van der Waals surface area contributed by atoms with Crippen LogP contribution in [-0.4, -0.2) is 17.9 Å². The van der Waals surface area contributed by atoms with Crippen molar-refractivity contribution in [2.75, 3.05) is 6.54 Å². The molecular weight excluding hydrogens is 234 g/mol. The van der Waals surface area contributed by atoms with Crippen molar-refractivity contribution in [3.8, 4) is 0 Å². The zero-order valence-corrected chi connectivity index (χ0v) is 12.2. The Morgan fingerprint density at radius 1 is 1.21 bits per heavy atom. The van der Waals surface area contributed by atoms with Crippen molar-refractivity contribution in [3.63, 3.8) is 0 Å². The van der Waals surface area contributed by atoms with Gasteiger partial charge in [-0.1, -0.05) is 51.0 Å². The van der Waals surface area contributed by atoms with Crippen LogP contribution in [0.4, 0.5) is 0 Å². The molecule has 1 fully saturated rings. The molecule has 104 valence electrons. The zero-order chi connectivity index (χ0) is 13.7. The summed E-state index contributed by atoms with van der Waals surface area (Å²) in [5, 5.41) is 3.46. The van der Waals surface area contributed by atoms with Crippen LogP contribution in [0, 0.1) is 0 Å². The number of benzene rings is 1. The lowest BCUT2D eigenvalue weighted by Gasteiger charge is -2.27. The van der Waals surface area contributed by atoms with Crippen molar-refractivity contribution in [1.29, 1.82) is 0 Å². The summed E-state index contributed by atoms with van der Waals surface area (Å²) in [4.78, 5) is 12.8. The molecule has 1 N–H and O–H groups in total. The molecular formula is C17H25NO. The van der Waals surface area contributed by atoms with E-state index in [1.807, 2.05) is 12.1 Å². The van der Waals surface area contributed by atoms with Gasteiger partial charge < -0.3 is 5.32 Å². The number of carbonyl (C=O) groups excluding carboxylic acids is 1. The van der Waals surface area contributed by atoms with Crippen molar-refractivity contribution in [1.82, 2.24) is 5.32 Å². The molecule has 1 aromatic rings. The summed E-state index contributed by atoms with van der Waals surface area (Å²) in [7, 11) is 0. The van der Waals surface area contributed by atoms with Crippen molar-refractivity contribution in [3.05, 3.63) is 35.4 Å². The van der Waals surface area contributed by atoms with Crippen LogP contribution in [0.25, 0.3) is 0 Å². The first-order valence-corrected chi connectivity index (χ1v) is 7.60. The summed E-state index contributed by atoms with van der Waals surface area (Å²) in [6.45, 7) is 5.30. The summed E-state index contributed by atoms with van der Waals surface area (Å²) in [5.74, 6) is 0.287. The standard InChI is InChI=1S/C17H25NO/c1-3-6-14-7-9-15(10-8-14)16(19)17(11-4-2)12-5-13-18-17/h7-10,18H,3-6,11-13H2,1-2H3. The fraction of sp³-hybridized carbons (Fsp3) is 0.588. The van der Waals surface area contributed by atoms with Crippen LogP contribution >= 0.6 is 0 Å². The SMILES string of the molecule is CCCc1ccc(C(=O)C2(CCC)CCCN2)cc1. The number of rotatable bonds is 6. The van der Waals surface area contributed by atoms with E-state index in [1.165, 1.54) is 5.56 Å². The average Bonchev–Trinajstić information content (AvgIpc) is 2.89. The van der Waals surface area contributed by atoms with Gasteiger partial charge in [0.25, 0.3) is 0 Å². The summed E-state index contributed by atoms with van der Waals surface area (Å²) in [6.07, 6.45) is 6.33. The largest absolute Gasteiger partial charge is 0.305 e. The third kappa shape index (κ3) is 3.06. The molecule has 0 aromatic heterocycles. The van der Waals surface area contributed by atoms with Gasteiger partial charge in [0.2, 0.25) is 0 Å². The van der Waals surface area contributed by atoms with Gasteiger partial charge in [-0.3, -0.25) is 4.79 Å². The van der Waals surface area contributed by atoms with Crippen LogP contribution in [0.15, 0.2) is 24.3 Å². The van der Waals surface area contributed by atoms with Crippen molar-refractivity contribution < 1.29 is 4.79 Å². The molecule has 1 aliphatic heterocycles. The van der Waals surface area contributed by atoms with Gasteiger partial charge in [-0.2, -0.15) is 0 Å². The molecule has 0 radical (unpaired) electrons. The van der Waals surface area contributed by atoms with Gasteiger partial charge in [0, 0.05) is 5.56 Å². The summed E-state index contributed by atoms with van der Waals surface area (Å²) in [5.41, 5.74) is 1.90. The lowest BCUT2D eigenvalue weighted by molar-refractivity contribution is 0.0857. The van der Waals surface area contributed by atoms with Gasteiger partial charge in [-0.05, 0) is 37.8 Å². The lowest BCUT2D eigenvalue weighted by Crippen LogP contribution is -2.47. The average molecular weight is 259 g/mol. The molecule has 0 aliphatic carbocycles. The van der Waals surface area contributed by atoms with E-state index in [0.29, 0.717) is 0 Å². The van der Waals surface area contributed by atoms with E-state index >= 15 is 0 Å². The number of hydrogen-bond donors (Lipinski definition) is 1. The van der Waals surface area contributed by atoms with E-state index in [0.717, 1.165) is 50.6 Å². The van der Waals surface area contributed by atoms with Gasteiger partial charge >= 0.3 is 0 Å². The molecule has 0 saturated carbocycles. The summed E-state index contributed by atoms with van der Waals surface area (Å²) in [6, 6.07) is 8.21. The third-order valence-corrected chi connectivity index (χ3v) is 4.11. The van der Waals surface area contributed by atoms with Gasteiger partial charge in [0.1, 0.15) is 0 Å². The maximum atomic E-state index is 12.8. The number of nitrogens with one attached hydrogen (secondary N) is 1. The number of ketones is 1. The second-order valence-corrected chi connectivity index (χ2v) is 5.64. The third-order valence-electron chi connectivity index (χ3n) is 4.11. The highest BCUT2D eigenvalue weighted by Crippen LogP contribution is 2.29. The minimum atomic E-state index is -0.291. The van der Waals surface area contributed by atoms with E-state index in [-0.39, 0.29) is 11.3 Å². The van der Waals surface area contributed by atoms with E-state index in [1.54, 1.807) is 0 Å². The highest BCUT2D eigenvalue weighted by atomic mass is 16.1. The van der Waals surface area contributed by atoms with Gasteiger partial charge in [-0.25, -0.2) is 0 Å². The van der Waals surface area contributed by atoms with Crippen LogP contribution < -0.4 is 5.32 Å². The maximum absolute atomic E-state index is 12.8. The van der Waals surface area contributed by atoms with E-state index in [9.17, 15) is 4.79 Å². The second kappa shape index (κ2) is 6.33. The topological polar surface area (TPSA) is 29.1 Å². The molecule has 1 aliphatic rings. The second-order valence-electron chi connectivity index (χ2n) is 5.64. The number of aryl methyl sites for hydroxylation is 1. The van der Waals surface area contributed by atoms with Crippen LogP contribution in [0.5, 0.6) is 0 Å². The Bertz CT molecular complexity index is 415. The molecule has 2 heteroatoms. The van der Waals surface area contributed by atoms with Crippen molar-refractivity contribution >= 4 is 5.78 Å². The minimum absolute atomic E-state index is 0.287. The Balaban J connectivity index is 2.17. The molecule has 1 unspecified atom stereocenters. The number of carbonyl (C=O) groups is 1. The quantitative estimate of drug-likeness (QED) is 0.788. The Morgan fingerprint density at radius 2 is 1.95 bits per heavy atom. The molecule has 1 heterocycles. The first-order valence-electron chi connectivity index (χ1n) is 7.60. The molecule has 1 atom stereocenters. The van der Waals surface area contributed by atoms with Crippen LogP contribution in [0.3, 0.4) is 0 Å². The van der Waals surface area contributed by atoms with Crippen LogP contribution in [0.1, 0.15) is 61.9 Å². The van der Waals surface area contributed by atoms with Crippen molar-refractivity contribution in [2.24, 2.45) is 0 Å². The minimum Gasteiger partial charge on any atom is -0.305 e.